The van der Waals surface area contributed by atoms with Gasteiger partial charge in [0.25, 0.3) is 0 Å². The van der Waals surface area contributed by atoms with Gasteiger partial charge in [0.15, 0.2) is 0 Å². The number of alkyl carbamates (subject to hydrolysis) is 1. The molecule has 0 aliphatic heterocycles. The fraction of sp³-hybridized carbons (Fsp3) is 0.679. The summed E-state index contributed by atoms with van der Waals surface area (Å²) < 4.78 is 5.41. The van der Waals surface area contributed by atoms with Crippen molar-refractivity contribution in [2.24, 2.45) is 5.92 Å². The summed E-state index contributed by atoms with van der Waals surface area (Å²) in [4.78, 5) is 41.7. The Morgan fingerprint density at radius 1 is 0.971 bits per heavy atom. The molecule has 0 aliphatic carbocycles. The van der Waals surface area contributed by atoms with E-state index in [0.29, 0.717) is 13.0 Å². The van der Waals surface area contributed by atoms with Crippen LogP contribution in [0.25, 0.3) is 0 Å². The molecule has 3 unspecified atom stereocenters. The van der Waals surface area contributed by atoms with Crippen molar-refractivity contribution in [3.8, 4) is 0 Å². The maximum atomic E-state index is 13.9. The lowest BCUT2D eigenvalue weighted by Gasteiger charge is -2.36. The predicted molar refractivity (Wildman–Crippen MR) is 141 cm³/mol. The summed E-state index contributed by atoms with van der Waals surface area (Å²) >= 11 is 0. The number of nitrogens with zero attached hydrogens (tertiary/aromatic N) is 1. The normalized spacial score (nSPS) is 14.1. The van der Waals surface area contributed by atoms with Gasteiger partial charge in [-0.05, 0) is 77.0 Å². The molecule has 35 heavy (non-hydrogen) atoms. The number of amides is 3. The molecular weight excluding hydrogens is 442 g/mol. The Hall–Kier alpha value is -2.57. The van der Waals surface area contributed by atoms with Crippen LogP contribution in [0.4, 0.5) is 4.79 Å². The van der Waals surface area contributed by atoms with Gasteiger partial charge in [-0.3, -0.25) is 9.59 Å². The Labute approximate surface area is 212 Å². The monoisotopic (exact) mass is 489 g/mol. The zero-order chi connectivity index (χ0) is 26.9. The van der Waals surface area contributed by atoms with Crippen LogP contribution in [0.1, 0.15) is 97.4 Å². The first-order valence-electron chi connectivity index (χ1n) is 12.9. The van der Waals surface area contributed by atoms with E-state index in [4.69, 9.17) is 4.74 Å². The average Bonchev–Trinajstić information content (AvgIpc) is 2.72. The van der Waals surface area contributed by atoms with Crippen LogP contribution in [0.5, 0.6) is 0 Å². The molecule has 0 bridgehead atoms. The molecule has 7 heteroatoms. The number of carbonyl (C=O) groups excluding carboxylic acids is 3. The third-order valence-electron chi connectivity index (χ3n) is 5.87. The van der Waals surface area contributed by atoms with Crippen LogP contribution in [-0.2, 0) is 14.3 Å². The third-order valence-corrected chi connectivity index (χ3v) is 5.87. The van der Waals surface area contributed by atoms with E-state index in [-0.39, 0.29) is 23.8 Å². The Balaban J connectivity index is 3.45. The van der Waals surface area contributed by atoms with E-state index in [0.717, 1.165) is 29.5 Å². The highest BCUT2D eigenvalue weighted by Crippen LogP contribution is 2.26. The van der Waals surface area contributed by atoms with Crippen LogP contribution in [0.15, 0.2) is 18.2 Å². The Morgan fingerprint density at radius 3 is 2.09 bits per heavy atom. The highest BCUT2D eigenvalue weighted by molar-refractivity contribution is 5.92. The molecule has 0 aliphatic rings. The maximum absolute atomic E-state index is 13.9. The molecular formula is C28H47N3O4. The van der Waals surface area contributed by atoms with Crippen molar-refractivity contribution < 1.29 is 19.1 Å². The van der Waals surface area contributed by atoms with Crippen molar-refractivity contribution in [3.63, 3.8) is 0 Å². The number of rotatable bonds is 11. The van der Waals surface area contributed by atoms with Crippen LogP contribution in [0, 0.1) is 19.8 Å². The Morgan fingerprint density at radius 2 is 1.60 bits per heavy atom. The number of hydrogen-bond donors (Lipinski definition) is 2. The van der Waals surface area contributed by atoms with Crippen molar-refractivity contribution in [2.75, 3.05) is 6.54 Å². The molecule has 2 N–H and O–H groups in total. The number of ether oxygens (including phenoxy) is 1. The molecule has 3 atom stereocenters. The fourth-order valence-electron chi connectivity index (χ4n) is 3.97. The number of benzene rings is 1. The molecule has 0 saturated carbocycles. The molecule has 7 nitrogen and oxygen atoms in total. The lowest BCUT2D eigenvalue weighted by Crippen LogP contribution is -2.55. The molecule has 0 heterocycles. The van der Waals surface area contributed by atoms with Gasteiger partial charge >= 0.3 is 6.09 Å². The van der Waals surface area contributed by atoms with E-state index in [1.807, 2.05) is 59.7 Å². The SMILES string of the molecule is CCCC(C)NC(=O)C(c1ccc(C)c(C)c1)N(CCC)C(=O)C(NC(=O)OC(C)(C)C)C(C)C. The van der Waals surface area contributed by atoms with Gasteiger partial charge < -0.3 is 20.3 Å². The van der Waals surface area contributed by atoms with Crippen LogP contribution < -0.4 is 10.6 Å². The second kappa shape index (κ2) is 13.5. The predicted octanol–water partition coefficient (Wildman–Crippen LogP) is 5.44. The van der Waals surface area contributed by atoms with Gasteiger partial charge in [-0.2, -0.15) is 0 Å². The van der Waals surface area contributed by atoms with Crippen molar-refractivity contribution >= 4 is 17.9 Å². The second-order valence-electron chi connectivity index (χ2n) is 10.8. The second-order valence-corrected chi connectivity index (χ2v) is 10.8. The molecule has 0 fully saturated rings. The standard InChI is InChI=1S/C28H47N3O4/c1-11-13-21(7)29-25(32)24(22-15-14-19(5)20(6)17-22)31(16-12-2)26(33)23(18(3)4)30-27(34)35-28(8,9)10/h14-15,17-18,21,23-24H,11-13,16H2,1-10H3,(H,29,32)(H,30,34). The first-order chi connectivity index (χ1) is 16.2. The smallest absolute Gasteiger partial charge is 0.408 e. The van der Waals surface area contributed by atoms with Crippen molar-refractivity contribution in [2.45, 2.75) is 112 Å². The summed E-state index contributed by atoms with van der Waals surface area (Å²) in [5, 5.41) is 5.86. The summed E-state index contributed by atoms with van der Waals surface area (Å²) in [6.45, 7) is 19.5. The van der Waals surface area contributed by atoms with Gasteiger partial charge in [0, 0.05) is 12.6 Å². The summed E-state index contributed by atoms with van der Waals surface area (Å²) in [7, 11) is 0. The zero-order valence-electron chi connectivity index (χ0n) is 23.5. The van der Waals surface area contributed by atoms with Crippen LogP contribution in [0.2, 0.25) is 0 Å². The summed E-state index contributed by atoms with van der Waals surface area (Å²) in [5.41, 5.74) is 2.25. The van der Waals surface area contributed by atoms with Crippen LogP contribution in [0.3, 0.4) is 0 Å². The Kier molecular flexibility index (Phi) is 11.7. The average molecular weight is 490 g/mol. The van der Waals surface area contributed by atoms with E-state index in [1.54, 1.807) is 25.7 Å². The lowest BCUT2D eigenvalue weighted by atomic mass is 9.96. The summed E-state index contributed by atoms with van der Waals surface area (Å²) in [6, 6.07) is 4.23. The lowest BCUT2D eigenvalue weighted by molar-refractivity contribution is -0.143. The minimum Gasteiger partial charge on any atom is -0.444 e. The Bertz CT molecular complexity index is 860. The minimum atomic E-state index is -0.827. The van der Waals surface area contributed by atoms with E-state index in [2.05, 4.69) is 17.6 Å². The summed E-state index contributed by atoms with van der Waals surface area (Å²) in [5.74, 6) is -0.707. The molecule has 0 aromatic heterocycles. The fourth-order valence-corrected chi connectivity index (χ4v) is 3.97. The largest absolute Gasteiger partial charge is 0.444 e. The molecule has 1 aromatic carbocycles. The summed E-state index contributed by atoms with van der Waals surface area (Å²) in [6.07, 6.45) is 1.82. The highest BCUT2D eigenvalue weighted by Gasteiger charge is 2.37. The molecule has 198 valence electrons. The van der Waals surface area contributed by atoms with Gasteiger partial charge in [0.2, 0.25) is 11.8 Å². The highest BCUT2D eigenvalue weighted by atomic mass is 16.6. The van der Waals surface area contributed by atoms with E-state index >= 15 is 0 Å². The van der Waals surface area contributed by atoms with E-state index < -0.39 is 23.8 Å². The van der Waals surface area contributed by atoms with Crippen LogP contribution >= 0.6 is 0 Å². The van der Waals surface area contributed by atoms with Crippen LogP contribution in [-0.4, -0.2) is 47.0 Å². The zero-order valence-corrected chi connectivity index (χ0v) is 23.5. The molecule has 3 amide bonds. The van der Waals surface area contributed by atoms with Gasteiger partial charge in [-0.25, -0.2) is 4.79 Å². The van der Waals surface area contributed by atoms with Gasteiger partial charge in [0.1, 0.15) is 17.7 Å². The maximum Gasteiger partial charge on any atom is 0.408 e. The number of aryl methyl sites for hydroxylation is 2. The topological polar surface area (TPSA) is 87.7 Å². The minimum absolute atomic E-state index is 0.0130. The third kappa shape index (κ3) is 9.54. The number of hydrogen-bond acceptors (Lipinski definition) is 4. The first kappa shape index (κ1) is 30.5. The molecule has 0 radical (unpaired) electrons. The van der Waals surface area contributed by atoms with Crippen molar-refractivity contribution in [1.82, 2.24) is 15.5 Å². The molecule has 1 aromatic rings. The van der Waals surface area contributed by atoms with Gasteiger partial charge in [-0.1, -0.05) is 52.3 Å². The van der Waals surface area contributed by atoms with Crippen molar-refractivity contribution in [1.29, 1.82) is 0 Å². The van der Waals surface area contributed by atoms with Gasteiger partial charge in [-0.15, -0.1) is 0 Å². The number of carbonyl (C=O) groups is 3. The molecule has 0 spiro atoms. The molecule has 0 saturated heterocycles. The first-order valence-corrected chi connectivity index (χ1v) is 12.9. The van der Waals surface area contributed by atoms with E-state index in [9.17, 15) is 14.4 Å². The number of nitrogens with one attached hydrogen (secondary N) is 2. The van der Waals surface area contributed by atoms with E-state index in [1.165, 1.54) is 0 Å². The van der Waals surface area contributed by atoms with Crippen molar-refractivity contribution in [3.05, 3.63) is 34.9 Å². The van der Waals surface area contributed by atoms with Gasteiger partial charge in [0.05, 0.1) is 0 Å². The molecule has 1 rings (SSSR count). The quantitative estimate of drug-likeness (QED) is 0.433.